The normalized spacial score (nSPS) is 15.4. The van der Waals surface area contributed by atoms with Crippen molar-refractivity contribution in [1.82, 2.24) is 15.3 Å². The Morgan fingerprint density at radius 2 is 1.71 bits per heavy atom. The van der Waals surface area contributed by atoms with Gasteiger partial charge in [-0.3, -0.25) is 0 Å². The van der Waals surface area contributed by atoms with E-state index in [9.17, 15) is 9.59 Å². The summed E-state index contributed by atoms with van der Waals surface area (Å²) in [5, 5.41) is 3.40. The number of nitrogens with zero attached hydrogens (tertiary/aromatic N) is 3. The molecular formula is C23H30N4O4. The number of esters is 2. The SMILES string of the molecule is CCOC(=O)c1cnc(N2CCC(CNC(C(=O)OCC)c3ccccc3)CC2)nc1. The van der Waals surface area contributed by atoms with E-state index >= 15 is 0 Å². The maximum Gasteiger partial charge on any atom is 0.341 e. The summed E-state index contributed by atoms with van der Waals surface area (Å²) in [6.07, 6.45) is 4.94. The van der Waals surface area contributed by atoms with E-state index < -0.39 is 12.0 Å². The zero-order valence-electron chi connectivity index (χ0n) is 18.1. The van der Waals surface area contributed by atoms with Gasteiger partial charge in [0, 0.05) is 25.5 Å². The molecule has 8 nitrogen and oxygen atoms in total. The van der Waals surface area contributed by atoms with E-state index in [-0.39, 0.29) is 5.97 Å². The Hall–Kier alpha value is -3.00. The first-order chi connectivity index (χ1) is 15.1. The summed E-state index contributed by atoms with van der Waals surface area (Å²) in [6, 6.07) is 9.20. The van der Waals surface area contributed by atoms with Crippen molar-refractivity contribution < 1.29 is 19.1 Å². The van der Waals surface area contributed by atoms with Gasteiger partial charge >= 0.3 is 11.9 Å². The fourth-order valence-electron chi connectivity index (χ4n) is 3.63. The number of nitrogens with one attached hydrogen (secondary N) is 1. The van der Waals surface area contributed by atoms with Gasteiger partial charge in [0.2, 0.25) is 5.95 Å². The van der Waals surface area contributed by atoms with Gasteiger partial charge in [0.05, 0.1) is 18.8 Å². The third-order valence-electron chi connectivity index (χ3n) is 5.31. The van der Waals surface area contributed by atoms with Gasteiger partial charge in [-0.05, 0) is 44.7 Å². The Bertz CT molecular complexity index is 836. The van der Waals surface area contributed by atoms with E-state index in [0.29, 0.717) is 30.6 Å². The summed E-state index contributed by atoms with van der Waals surface area (Å²) in [6.45, 7) is 6.63. The van der Waals surface area contributed by atoms with Crippen LogP contribution in [-0.4, -0.2) is 54.8 Å². The van der Waals surface area contributed by atoms with E-state index in [1.807, 2.05) is 37.3 Å². The molecule has 0 saturated carbocycles. The van der Waals surface area contributed by atoms with E-state index in [0.717, 1.165) is 38.0 Å². The number of aromatic nitrogens is 2. The predicted molar refractivity (Wildman–Crippen MR) is 117 cm³/mol. The Morgan fingerprint density at radius 1 is 1.06 bits per heavy atom. The molecule has 166 valence electrons. The zero-order chi connectivity index (χ0) is 22.1. The highest BCUT2D eigenvalue weighted by Gasteiger charge is 2.25. The number of carbonyl (C=O) groups excluding carboxylic acids is 2. The van der Waals surface area contributed by atoms with Crippen molar-refractivity contribution in [2.24, 2.45) is 5.92 Å². The summed E-state index contributed by atoms with van der Waals surface area (Å²) in [4.78, 5) is 34.9. The van der Waals surface area contributed by atoms with Crippen LogP contribution in [0, 0.1) is 5.92 Å². The largest absolute Gasteiger partial charge is 0.465 e. The monoisotopic (exact) mass is 426 g/mol. The minimum Gasteiger partial charge on any atom is -0.465 e. The van der Waals surface area contributed by atoms with E-state index in [1.54, 1.807) is 6.92 Å². The van der Waals surface area contributed by atoms with Crippen molar-refractivity contribution in [2.45, 2.75) is 32.7 Å². The molecule has 1 fully saturated rings. The van der Waals surface area contributed by atoms with Crippen LogP contribution in [0.5, 0.6) is 0 Å². The van der Waals surface area contributed by atoms with Gasteiger partial charge in [0.1, 0.15) is 6.04 Å². The molecule has 1 aliphatic heterocycles. The van der Waals surface area contributed by atoms with Crippen molar-refractivity contribution in [2.75, 3.05) is 37.7 Å². The van der Waals surface area contributed by atoms with Gasteiger partial charge in [0.25, 0.3) is 0 Å². The van der Waals surface area contributed by atoms with Crippen LogP contribution in [0.3, 0.4) is 0 Å². The molecule has 2 aromatic rings. The second kappa shape index (κ2) is 11.4. The minimum absolute atomic E-state index is 0.249. The molecule has 1 aromatic heterocycles. The molecule has 2 heterocycles. The average molecular weight is 427 g/mol. The molecule has 0 bridgehead atoms. The highest BCUT2D eigenvalue weighted by molar-refractivity contribution is 5.88. The van der Waals surface area contributed by atoms with Crippen LogP contribution >= 0.6 is 0 Å². The number of benzene rings is 1. The Kier molecular flexibility index (Phi) is 8.35. The van der Waals surface area contributed by atoms with Crippen LogP contribution in [0.1, 0.15) is 48.7 Å². The lowest BCUT2D eigenvalue weighted by atomic mass is 9.96. The van der Waals surface area contributed by atoms with Crippen molar-refractivity contribution in [3.8, 4) is 0 Å². The standard InChI is InChI=1S/C23H30N4O4/c1-3-30-21(28)19-15-25-23(26-16-19)27-12-10-17(11-13-27)14-24-20(22(29)31-4-2)18-8-6-5-7-9-18/h5-9,15-17,20,24H,3-4,10-14H2,1-2H3. The number of anilines is 1. The van der Waals surface area contributed by atoms with E-state index in [2.05, 4.69) is 20.2 Å². The first kappa shape index (κ1) is 22.7. The summed E-state index contributed by atoms with van der Waals surface area (Å²) in [5.41, 5.74) is 1.27. The molecule has 1 aromatic carbocycles. The molecular weight excluding hydrogens is 396 g/mol. The molecule has 1 atom stereocenters. The number of rotatable bonds is 9. The lowest BCUT2D eigenvalue weighted by molar-refractivity contribution is -0.145. The topological polar surface area (TPSA) is 93.7 Å². The number of piperidine rings is 1. The Labute approximate surface area is 183 Å². The fourth-order valence-corrected chi connectivity index (χ4v) is 3.63. The molecule has 31 heavy (non-hydrogen) atoms. The van der Waals surface area contributed by atoms with E-state index in [1.165, 1.54) is 12.4 Å². The predicted octanol–water partition coefficient (Wildman–Crippen LogP) is 2.76. The maximum absolute atomic E-state index is 12.4. The van der Waals surface area contributed by atoms with Crippen LogP contribution in [0.25, 0.3) is 0 Å². The van der Waals surface area contributed by atoms with Crippen LogP contribution in [-0.2, 0) is 14.3 Å². The second-order valence-corrected chi connectivity index (χ2v) is 7.43. The highest BCUT2D eigenvalue weighted by atomic mass is 16.5. The molecule has 0 aliphatic carbocycles. The summed E-state index contributed by atoms with van der Waals surface area (Å²) < 4.78 is 10.2. The maximum atomic E-state index is 12.4. The summed E-state index contributed by atoms with van der Waals surface area (Å²) >= 11 is 0. The van der Waals surface area contributed by atoms with Crippen LogP contribution in [0.15, 0.2) is 42.7 Å². The zero-order valence-corrected chi connectivity index (χ0v) is 18.1. The Morgan fingerprint density at radius 3 is 2.32 bits per heavy atom. The van der Waals surface area contributed by atoms with Gasteiger partial charge in [0.15, 0.2) is 0 Å². The Balaban J connectivity index is 1.52. The summed E-state index contributed by atoms with van der Waals surface area (Å²) in [7, 11) is 0. The van der Waals surface area contributed by atoms with Crippen LogP contribution in [0.2, 0.25) is 0 Å². The number of hydrogen-bond acceptors (Lipinski definition) is 8. The number of ether oxygens (including phenoxy) is 2. The van der Waals surface area contributed by atoms with Gasteiger partial charge < -0.3 is 19.7 Å². The molecule has 8 heteroatoms. The van der Waals surface area contributed by atoms with Crippen molar-refractivity contribution >= 4 is 17.9 Å². The molecule has 0 spiro atoms. The van der Waals surface area contributed by atoms with Crippen molar-refractivity contribution in [1.29, 1.82) is 0 Å². The lowest BCUT2D eigenvalue weighted by Crippen LogP contribution is -2.40. The molecule has 3 rings (SSSR count). The highest BCUT2D eigenvalue weighted by Crippen LogP contribution is 2.22. The van der Waals surface area contributed by atoms with E-state index in [4.69, 9.17) is 9.47 Å². The van der Waals surface area contributed by atoms with Gasteiger partial charge in [-0.15, -0.1) is 0 Å². The molecule has 1 aliphatic rings. The van der Waals surface area contributed by atoms with Gasteiger partial charge in [-0.2, -0.15) is 0 Å². The third-order valence-corrected chi connectivity index (χ3v) is 5.31. The first-order valence-corrected chi connectivity index (χ1v) is 10.8. The van der Waals surface area contributed by atoms with Crippen LogP contribution in [0.4, 0.5) is 5.95 Å². The summed E-state index contributed by atoms with van der Waals surface area (Å²) in [5.74, 6) is 0.401. The second-order valence-electron chi connectivity index (χ2n) is 7.43. The van der Waals surface area contributed by atoms with Crippen molar-refractivity contribution in [3.63, 3.8) is 0 Å². The first-order valence-electron chi connectivity index (χ1n) is 10.8. The minimum atomic E-state index is -0.460. The average Bonchev–Trinajstić information content (AvgIpc) is 2.81. The molecule has 0 amide bonds. The van der Waals surface area contributed by atoms with Crippen LogP contribution < -0.4 is 10.2 Å². The molecule has 1 unspecified atom stereocenters. The molecule has 0 radical (unpaired) electrons. The molecule has 1 saturated heterocycles. The van der Waals surface area contributed by atoms with Gasteiger partial charge in [-0.25, -0.2) is 19.6 Å². The van der Waals surface area contributed by atoms with Crippen molar-refractivity contribution in [3.05, 3.63) is 53.9 Å². The third kappa shape index (κ3) is 6.24. The lowest BCUT2D eigenvalue weighted by Gasteiger charge is -2.32. The smallest absolute Gasteiger partial charge is 0.341 e. The number of hydrogen-bond donors (Lipinski definition) is 1. The molecule has 1 N–H and O–H groups in total. The van der Waals surface area contributed by atoms with Gasteiger partial charge in [-0.1, -0.05) is 30.3 Å². The quantitative estimate of drug-likeness (QED) is 0.612. The number of carbonyl (C=O) groups is 2. The fraction of sp³-hybridized carbons (Fsp3) is 0.478.